The number of benzene rings is 1. The first-order chi connectivity index (χ1) is 8.22. The first kappa shape index (κ1) is 11.9. The molecule has 0 spiro atoms. The number of para-hydroxylation sites is 1. The maximum Gasteiger partial charge on any atom is 0.134 e. The summed E-state index contributed by atoms with van der Waals surface area (Å²) >= 11 is 0. The first-order valence-electron chi connectivity index (χ1n) is 6.00. The molecule has 0 aliphatic heterocycles. The van der Waals surface area contributed by atoms with Crippen molar-refractivity contribution in [2.24, 2.45) is 0 Å². The molecule has 1 atom stereocenters. The fraction of sp³-hybridized carbons (Fsp3) is 0.333. The van der Waals surface area contributed by atoms with Gasteiger partial charge in [-0.15, -0.1) is 6.58 Å². The zero-order valence-electron chi connectivity index (χ0n) is 10.5. The molecular formula is C15H19NO. The molecule has 1 aromatic carbocycles. The van der Waals surface area contributed by atoms with Gasteiger partial charge in [-0.3, -0.25) is 0 Å². The number of furan rings is 1. The second kappa shape index (κ2) is 5.19. The molecule has 0 saturated carbocycles. The molecule has 2 rings (SSSR count). The van der Waals surface area contributed by atoms with Crippen LogP contribution in [0.15, 0.2) is 47.1 Å². The van der Waals surface area contributed by atoms with Gasteiger partial charge in [0, 0.05) is 17.0 Å². The van der Waals surface area contributed by atoms with Crippen molar-refractivity contribution in [3.8, 4) is 0 Å². The third-order valence-corrected chi connectivity index (χ3v) is 3.09. The molecule has 1 unspecified atom stereocenters. The lowest BCUT2D eigenvalue weighted by atomic mass is 9.99. The van der Waals surface area contributed by atoms with E-state index in [1.807, 2.05) is 31.5 Å². The second-order valence-corrected chi connectivity index (χ2v) is 4.52. The number of fused-ring (bicyclic) bond motifs is 1. The van der Waals surface area contributed by atoms with Crippen molar-refractivity contribution in [2.75, 3.05) is 7.05 Å². The van der Waals surface area contributed by atoms with Crippen LogP contribution in [0.2, 0.25) is 0 Å². The van der Waals surface area contributed by atoms with Gasteiger partial charge in [-0.2, -0.15) is 0 Å². The quantitative estimate of drug-likeness (QED) is 0.782. The van der Waals surface area contributed by atoms with Crippen LogP contribution in [-0.4, -0.2) is 7.05 Å². The molecular weight excluding hydrogens is 210 g/mol. The summed E-state index contributed by atoms with van der Waals surface area (Å²) < 4.78 is 5.58. The predicted octanol–water partition coefficient (Wildman–Crippen LogP) is 4.05. The Morgan fingerprint density at radius 1 is 1.41 bits per heavy atom. The van der Waals surface area contributed by atoms with Crippen molar-refractivity contribution in [3.63, 3.8) is 0 Å². The van der Waals surface area contributed by atoms with Gasteiger partial charge in [0.25, 0.3) is 0 Å². The molecule has 0 radical (unpaired) electrons. The average molecular weight is 229 g/mol. The fourth-order valence-electron chi connectivity index (χ4n) is 2.11. The SMILES string of the molecule is C=C(C)CCC(NC)c1coc2ccccc12. The highest BCUT2D eigenvalue weighted by Crippen LogP contribution is 2.29. The van der Waals surface area contributed by atoms with Crippen LogP contribution >= 0.6 is 0 Å². The Kier molecular flexibility index (Phi) is 3.64. The third kappa shape index (κ3) is 2.59. The maximum absolute atomic E-state index is 5.58. The van der Waals surface area contributed by atoms with Crippen molar-refractivity contribution in [2.45, 2.75) is 25.8 Å². The van der Waals surface area contributed by atoms with E-state index in [1.54, 1.807) is 0 Å². The minimum absolute atomic E-state index is 0.329. The van der Waals surface area contributed by atoms with Crippen LogP contribution in [0.5, 0.6) is 0 Å². The highest BCUT2D eigenvalue weighted by Gasteiger charge is 2.14. The van der Waals surface area contributed by atoms with E-state index in [1.165, 1.54) is 16.5 Å². The Bertz CT molecular complexity index is 512. The minimum atomic E-state index is 0.329. The van der Waals surface area contributed by atoms with Crippen LogP contribution in [0.1, 0.15) is 31.4 Å². The second-order valence-electron chi connectivity index (χ2n) is 4.52. The molecule has 1 N–H and O–H groups in total. The molecule has 0 aliphatic rings. The number of nitrogens with one attached hydrogen (secondary N) is 1. The van der Waals surface area contributed by atoms with Crippen molar-refractivity contribution in [3.05, 3.63) is 48.2 Å². The van der Waals surface area contributed by atoms with E-state index in [4.69, 9.17) is 4.42 Å². The van der Waals surface area contributed by atoms with E-state index in [0.29, 0.717) is 6.04 Å². The van der Waals surface area contributed by atoms with E-state index in [0.717, 1.165) is 18.4 Å². The Balaban J connectivity index is 2.27. The number of allylic oxidation sites excluding steroid dienone is 1. The van der Waals surface area contributed by atoms with E-state index in [9.17, 15) is 0 Å². The summed E-state index contributed by atoms with van der Waals surface area (Å²) in [5, 5.41) is 4.55. The van der Waals surface area contributed by atoms with Crippen LogP contribution in [-0.2, 0) is 0 Å². The third-order valence-electron chi connectivity index (χ3n) is 3.09. The molecule has 2 heteroatoms. The highest BCUT2D eigenvalue weighted by atomic mass is 16.3. The van der Waals surface area contributed by atoms with Crippen LogP contribution in [0.25, 0.3) is 11.0 Å². The molecule has 0 aliphatic carbocycles. The van der Waals surface area contributed by atoms with Crippen molar-refractivity contribution in [1.82, 2.24) is 5.32 Å². The van der Waals surface area contributed by atoms with Crippen LogP contribution < -0.4 is 5.32 Å². The number of hydrogen-bond acceptors (Lipinski definition) is 2. The van der Waals surface area contributed by atoms with Gasteiger partial charge in [0.1, 0.15) is 5.58 Å². The molecule has 0 saturated heterocycles. The maximum atomic E-state index is 5.58. The Morgan fingerprint density at radius 2 is 2.18 bits per heavy atom. The smallest absolute Gasteiger partial charge is 0.134 e. The van der Waals surface area contributed by atoms with E-state index in [-0.39, 0.29) is 0 Å². The fourth-order valence-corrected chi connectivity index (χ4v) is 2.11. The Hall–Kier alpha value is -1.54. The highest BCUT2D eigenvalue weighted by molar-refractivity contribution is 5.81. The number of hydrogen-bond donors (Lipinski definition) is 1. The van der Waals surface area contributed by atoms with Crippen LogP contribution in [0, 0.1) is 0 Å². The minimum Gasteiger partial charge on any atom is -0.464 e. The van der Waals surface area contributed by atoms with Crippen LogP contribution in [0.4, 0.5) is 0 Å². The van der Waals surface area contributed by atoms with Gasteiger partial charge in [0.15, 0.2) is 0 Å². The summed E-state index contributed by atoms with van der Waals surface area (Å²) in [7, 11) is 1.99. The average Bonchev–Trinajstić information content (AvgIpc) is 2.74. The van der Waals surface area contributed by atoms with Gasteiger partial charge in [-0.05, 0) is 32.9 Å². The van der Waals surface area contributed by atoms with Gasteiger partial charge in [0.05, 0.1) is 6.26 Å². The molecule has 17 heavy (non-hydrogen) atoms. The normalized spacial score (nSPS) is 12.8. The van der Waals surface area contributed by atoms with Gasteiger partial charge in [0.2, 0.25) is 0 Å². The van der Waals surface area contributed by atoms with E-state index in [2.05, 4.69) is 24.9 Å². The molecule has 0 fully saturated rings. The molecule has 2 aromatic rings. The Labute approximate surface area is 102 Å². The molecule has 2 nitrogen and oxygen atoms in total. The summed E-state index contributed by atoms with van der Waals surface area (Å²) in [6.07, 6.45) is 3.95. The lowest BCUT2D eigenvalue weighted by Gasteiger charge is -2.14. The number of rotatable bonds is 5. The van der Waals surface area contributed by atoms with Gasteiger partial charge in [-0.1, -0.05) is 23.8 Å². The monoisotopic (exact) mass is 229 g/mol. The van der Waals surface area contributed by atoms with E-state index < -0.39 is 0 Å². The molecule has 1 aromatic heterocycles. The summed E-state index contributed by atoms with van der Waals surface area (Å²) in [5.74, 6) is 0. The predicted molar refractivity (Wildman–Crippen MR) is 72.1 cm³/mol. The molecule has 1 heterocycles. The summed E-state index contributed by atoms with van der Waals surface area (Å²) in [6, 6.07) is 8.49. The summed E-state index contributed by atoms with van der Waals surface area (Å²) in [4.78, 5) is 0. The topological polar surface area (TPSA) is 25.2 Å². The Morgan fingerprint density at radius 3 is 2.88 bits per heavy atom. The molecule has 90 valence electrons. The van der Waals surface area contributed by atoms with Crippen LogP contribution in [0.3, 0.4) is 0 Å². The molecule has 0 bridgehead atoms. The zero-order valence-corrected chi connectivity index (χ0v) is 10.5. The van der Waals surface area contributed by atoms with E-state index >= 15 is 0 Å². The zero-order chi connectivity index (χ0) is 12.3. The largest absolute Gasteiger partial charge is 0.464 e. The summed E-state index contributed by atoms with van der Waals surface area (Å²) in [5.41, 5.74) is 3.42. The van der Waals surface area contributed by atoms with Crippen molar-refractivity contribution < 1.29 is 4.42 Å². The lowest BCUT2D eigenvalue weighted by molar-refractivity contribution is 0.534. The molecule has 0 amide bonds. The van der Waals surface area contributed by atoms with Crippen molar-refractivity contribution in [1.29, 1.82) is 0 Å². The van der Waals surface area contributed by atoms with Crippen molar-refractivity contribution >= 4 is 11.0 Å². The standard InChI is InChI=1S/C15H19NO/c1-11(2)8-9-14(16-3)13-10-17-15-7-5-4-6-12(13)15/h4-7,10,14,16H,1,8-9H2,2-3H3. The first-order valence-corrected chi connectivity index (χ1v) is 6.00. The van der Waals surface area contributed by atoms with Gasteiger partial charge < -0.3 is 9.73 Å². The lowest BCUT2D eigenvalue weighted by Crippen LogP contribution is -2.15. The van der Waals surface area contributed by atoms with Gasteiger partial charge >= 0.3 is 0 Å². The van der Waals surface area contributed by atoms with Gasteiger partial charge in [-0.25, -0.2) is 0 Å². The summed E-state index contributed by atoms with van der Waals surface area (Å²) in [6.45, 7) is 6.02.